The summed E-state index contributed by atoms with van der Waals surface area (Å²) in [5.41, 5.74) is 3.02. The molecule has 3 rings (SSSR count). The lowest BCUT2D eigenvalue weighted by molar-refractivity contribution is 0.372. The van der Waals surface area contributed by atoms with Crippen molar-refractivity contribution in [3.8, 4) is 0 Å². The van der Waals surface area contributed by atoms with Gasteiger partial charge in [0.15, 0.2) is 5.96 Å². The highest BCUT2D eigenvalue weighted by molar-refractivity contribution is 14.0. The van der Waals surface area contributed by atoms with Gasteiger partial charge in [-0.25, -0.2) is 18.1 Å². The molecule has 2 aromatic carbocycles. The first-order chi connectivity index (χ1) is 14.5. The van der Waals surface area contributed by atoms with Crippen LogP contribution in [-0.2, 0) is 22.3 Å². The van der Waals surface area contributed by atoms with Gasteiger partial charge < -0.3 is 15.1 Å². The predicted octanol–water partition coefficient (Wildman–Crippen LogP) is 2.64. The lowest BCUT2D eigenvalue weighted by Gasteiger charge is -2.37. The van der Waals surface area contributed by atoms with Crippen molar-refractivity contribution in [3.05, 3.63) is 65.7 Å². The molecule has 0 atom stereocenters. The molecule has 9 heteroatoms. The molecular formula is C22H32IN5O2S. The first kappa shape index (κ1) is 25.4. The molecule has 0 spiro atoms. The molecule has 1 heterocycles. The van der Waals surface area contributed by atoms with Gasteiger partial charge in [0.2, 0.25) is 10.0 Å². The summed E-state index contributed by atoms with van der Waals surface area (Å²) in [6.07, 6.45) is 0. The summed E-state index contributed by atoms with van der Waals surface area (Å²) in [5, 5.41) is 3.39. The Morgan fingerprint density at radius 2 is 1.68 bits per heavy atom. The second-order valence-corrected chi connectivity index (χ2v) is 9.19. The fourth-order valence-electron chi connectivity index (χ4n) is 3.52. The van der Waals surface area contributed by atoms with E-state index in [1.807, 2.05) is 30.3 Å². The largest absolute Gasteiger partial charge is 0.368 e. The Hall–Kier alpha value is -1.85. The van der Waals surface area contributed by atoms with Gasteiger partial charge in [-0.3, -0.25) is 0 Å². The van der Waals surface area contributed by atoms with Gasteiger partial charge in [-0.15, -0.1) is 24.0 Å². The number of hydrogen-bond donors (Lipinski definition) is 2. The summed E-state index contributed by atoms with van der Waals surface area (Å²) in [7, 11) is -1.85. The zero-order chi connectivity index (χ0) is 21.4. The van der Waals surface area contributed by atoms with E-state index in [0.29, 0.717) is 6.54 Å². The van der Waals surface area contributed by atoms with Gasteiger partial charge in [-0.05, 0) is 37.2 Å². The van der Waals surface area contributed by atoms with Crippen molar-refractivity contribution >= 4 is 45.6 Å². The van der Waals surface area contributed by atoms with Crippen LogP contribution in [0, 0.1) is 0 Å². The Labute approximate surface area is 203 Å². The molecule has 0 unspecified atom stereocenters. The number of halogens is 1. The molecular weight excluding hydrogens is 525 g/mol. The second-order valence-electron chi connectivity index (χ2n) is 7.26. The third kappa shape index (κ3) is 7.65. The number of rotatable bonds is 7. The van der Waals surface area contributed by atoms with Gasteiger partial charge in [0.05, 0.1) is 12.3 Å². The first-order valence-electron chi connectivity index (χ1n) is 10.3. The number of piperazine rings is 1. The molecule has 7 nitrogen and oxygen atoms in total. The van der Waals surface area contributed by atoms with Gasteiger partial charge in [0, 0.05) is 38.4 Å². The van der Waals surface area contributed by atoms with Crippen molar-refractivity contribution in [2.45, 2.75) is 19.2 Å². The Bertz CT molecular complexity index is 945. The molecule has 1 aliphatic rings. The Kier molecular flexibility index (Phi) is 10.0. The van der Waals surface area contributed by atoms with Gasteiger partial charge >= 0.3 is 0 Å². The topological polar surface area (TPSA) is 77.0 Å². The highest BCUT2D eigenvalue weighted by Gasteiger charge is 2.19. The van der Waals surface area contributed by atoms with E-state index in [1.165, 1.54) is 12.7 Å². The maximum atomic E-state index is 11.8. The summed E-state index contributed by atoms with van der Waals surface area (Å²) in [6.45, 7) is 7.09. The molecule has 0 saturated carbocycles. The summed E-state index contributed by atoms with van der Waals surface area (Å²) in [5.74, 6) is 0.876. The molecule has 2 aromatic rings. The summed E-state index contributed by atoms with van der Waals surface area (Å²) in [6, 6.07) is 18.1. The van der Waals surface area contributed by atoms with Crippen molar-refractivity contribution in [1.29, 1.82) is 0 Å². The number of nitrogens with zero attached hydrogens (tertiary/aromatic N) is 3. The van der Waals surface area contributed by atoms with Crippen LogP contribution in [0.4, 0.5) is 5.69 Å². The van der Waals surface area contributed by atoms with Crippen LogP contribution in [0.15, 0.2) is 59.6 Å². The van der Waals surface area contributed by atoms with Crippen molar-refractivity contribution in [3.63, 3.8) is 0 Å². The van der Waals surface area contributed by atoms with E-state index in [1.54, 1.807) is 0 Å². The third-order valence-electron chi connectivity index (χ3n) is 5.11. The monoisotopic (exact) mass is 557 g/mol. The van der Waals surface area contributed by atoms with Crippen LogP contribution in [0.2, 0.25) is 0 Å². The average molecular weight is 558 g/mol. The molecule has 31 heavy (non-hydrogen) atoms. The Morgan fingerprint density at radius 3 is 2.32 bits per heavy atom. The van der Waals surface area contributed by atoms with E-state index in [9.17, 15) is 8.42 Å². The van der Waals surface area contributed by atoms with Crippen molar-refractivity contribution in [2.75, 3.05) is 44.7 Å². The molecule has 170 valence electrons. The second kappa shape index (κ2) is 12.3. The highest BCUT2D eigenvalue weighted by Crippen LogP contribution is 2.16. The third-order valence-corrected chi connectivity index (χ3v) is 6.44. The number of guanidine groups is 1. The normalized spacial score (nSPS) is 14.8. The quantitative estimate of drug-likeness (QED) is 0.311. The fraction of sp³-hybridized carbons (Fsp3) is 0.409. The molecule has 0 radical (unpaired) electrons. The SMILES string of the molecule is CCNC(=NCc1cccc(CS(=O)(=O)NC)c1)N1CCN(c2ccccc2)CC1.I. The van der Waals surface area contributed by atoms with E-state index in [-0.39, 0.29) is 29.7 Å². The molecule has 1 fully saturated rings. The van der Waals surface area contributed by atoms with Gasteiger partial charge in [0.25, 0.3) is 0 Å². The molecule has 0 aromatic heterocycles. The number of nitrogens with one attached hydrogen (secondary N) is 2. The van der Waals surface area contributed by atoms with Crippen molar-refractivity contribution < 1.29 is 8.42 Å². The highest BCUT2D eigenvalue weighted by atomic mass is 127. The molecule has 0 aliphatic carbocycles. The van der Waals surface area contributed by atoms with E-state index in [2.05, 4.69) is 51.0 Å². The summed E-state index contributed by atoms with van der Waals surface area (Å²) in [4.78, 5) is 9.50. The van der Waals surface area contributed by atoms with Crippen LogP contribution in [0.1, 0.15) is 18.1 Å². The van der Waals surface area contributed by atoms with Crippen LogP contribution in [0.25, 0.3) is 0 Å². The Morgan fingerprint density at radius 1 is 1.00 bits per heavy atom. The first-order valence-corrected chi connectivity index (χ1v) is 12.0. The number of hydrogen-bond acceptors (Lipinski definition) is 4. The number of benzene rings is 2. The molecule has 0 bridgehead atoms. The maximum absolute atomic E-state index is 11.8. The zero-order valence-corrected chi connectivity index (χ0v) is 21.3. The standard InChI is InChI=1S/C22H31N5O2S.HI/c1-3-24-22(27-14-12-26(13-15-27)21-10-5-4-6-11-21)25-17-19-8-7-9-20(16-19)18-30(28,29)23-2;/h4-11,16,23H,3,12-15,17-18H2,1-2H3,(H,24,25);1H. The summed E-state index contributed by atoms with van der Waals surface area (Å²) >= 11 is 0. The lowest BCUT2D eigenvalue weighted by atomic mass is 10.1. The van der Waals surface area contributed by atoms with E-state index in [0.717, 1.165) is 49.8 Å². The number of sulfonamides is 1. The lowest BCUT2D eigenvalue weighted by Crippen LogP contribution is -2.52. The number of para-hydroxylation sites is 1. The maximum Gasteiger partial charge on any atom is 0.215 e. The van der Waals surface area contributed by atoms with Crippen LogP contribution < -0.4 is 14.9 Å². The molecule has 1 aliphatic heterocycles. The van der Waals surface area contributed by atoms with Crippen molar-refractivity contribution in [2.24, 2.45) is 4.99 Å². The minimum Gasteiger partial charge on any atom is -0.368 e. The predicted molar refractivity (Wildman–Crippen MR) is 139 cm³/mol. The molecule has 0 amide bonds. The summed E-state index contributed by atoms with van der Waals surface area (Å²) < 4.78 is 26.0. The van der Waals surface area contributed by atoms with Crippen LogP contribution in [0.5, 0.6) is 0 Å². The number of aliphatic imine (C=N–C) groups is 1. The van der Waals surface area contributed by atoms with Crippen molar-refractivity contribution in [1.82, 2.24) is 14.9 Å². The number of anilines is 1. The van der Waals surface area contributed by atoms with Crippen LogP contribution in [-0.4, -0.2) is 59.0 Å². The average Bonchev–Trinajstić information content (AvgIpc) is 2.77. The van der Waals surface area contributed by atoms with E-state index in [4.69, 9.17) is 4.99 Å². The van der Waals surface area contributed by atoms with Crippen LogP contribution in [0.3, 0.4) is 0 Å². The Balaban J connectivity index is 0.00000341. The van der Waals surface area contributed by atoms with Gasteiger partial charge in [0.1, 0.15) is 0 Å². The van der Waals surface area contributed by atoms with E-state index < -0.39 is 10.0 Å². The molecule has 1 saturated heterocycles. The minimum atomic E-state index is -3.29. The van der Waals surface area contributed by atoms with Crippen LogP contribution >= 0.6 is 24.0 Å². The minimum absolute atomic E-state index is 0. The van der Waals surface area contributed by atoms with E-state index >= 15 is 0 Å². The van der Waals surface area contributed by atoms with Gasteiger partial charge in [-0.1, -0.05) is 42.5 Å². The zero-order valence-electron chi connectivity index (χ0n) is 18.1. The fourth-order valence-corrected chi connectivity index (χ4v) is 4.28. The molecule has 2 N–H and O–H groups in total. The smallest absolute Gasteiger partial charge is 0.215 e. The van der Waals surface area contributed by atoms with Gasteiger partial charge in [-0.2, -0.15) is 0 Å².